The van der Waals surface area contributed by atoms with Crippen LogP contribution in [0.2, 0.25) is 0 Å². The summed E-state index contributed by atoms with van der Waals surface area (Å²) < 4.78 is 0. The van der Waals surface area contributed by atoms with Crippen molar-refractivity contribution < 1.29 is 4.79 Å². The number of nitrogens with one attached hydrogen (secondary N) is 2. The molecule has 1 aliphatic carbocycles. The van der Waals surface area contributed by atoms with Crippen molar-refractivity contribution in [3.8, 4) is 0 Å². The molecular formula is C13H24N2O. The van der Waals surface area contributed by atoms with Crippen molar-refractivity contribution in [2.45, 2.75) is 57.9 Å². The third-order valence-corrected chi connectivity index (χ3v) is 4.00. The summed E-state index contributed by atoms with van der Waals surface area (Å²) in [6, 6.07) is 0.0665. The van der Waals surface area contributed by atoms with Crippen LogP contribution in [-0.4, -0.2) is 25.0 Å². The molecule has 0 aromatic rings. The lowest BCUT2D eigenvalue weighted by Gasteiger charge is -2.20. The Bertz CT molecular complexity index is 248. The van der Waals surface area contributed by atoms with Gasteiger partial charge in [-0.05, 0) is 43.9 Å². The topological polar surface area (TPSA) is 41.1 Å². The predicted molar refractivity (Wildman–Crippen MR) is 65.2 cm³/mol. The summed E-state index contributed by atoms with van der Waals surface area (Å²) >= 11 is 0. The molecule has 92 valence electrons. The number of amides is 1. The van der Waals surface area contributed by atoms with Gasteiger partial charge in [0.1, 0.15) is 0 Å². The zero-order valence-corrected chi connectivity index (χ0v) is 10.3. The lowest BCUT2D eigenvalue weighted by atomic mass is 10.00. The monoisotopic (exact) mass is 224 g/mol. The maximum atomic E-state index is 11.7. The van der Waals surface area contributed by atoms with E-state index in [0.29, 0.717) is 5.41 Å². The van der Waals surface area contributed by atoms with Gasteiger partial charge in [-0.3, -0.25) is 4.79 Å². The molecule has 3 heteroatoms. The molecule has 1 atom stereocenters. The van der Waals surface area contributed by atoms with Gasteiger partial charge in [-0.25, -0.2) is 0 Å². The number of carbonyl (C=O) groups excluding carboxylic acids is 1. The fourth-order valence-corrected chi connectivity index (χ4v) is 2.70. The molecule has 1 heterocycles. The second kappa shape index (κ2) is 5.17. The van der Waals surface area contributed by atoms with Crippen LogP contribution in [0.5, 0.6) is 0 Å². The molecule has 0 bridgehead atoms. The van der Waals surface area contributed by atoms with Crippen molar-refractivity contribution in [3.63, 3.8) is 0 Å². The number of hydrogen-bond donors (Lipinski definition) is 2. The van der Waals surface area contributed by atoms with Crippen LogP contribution in [0, 0.1) is 5.41 Å². The molecule has 1 unspecified atom stereocenters. The number of hydrogen-bond acceptors (Lipinski definition) is 2. The molecule has 16 heavy (non-hydrogen) atoms. The smallest absolute Gasteiger partial charge is 0.237 e. The maximum Gasteiger partial charge on any atom is 0.237 e. The summed E-state index contributed by atoms with van der Waals surface area (Å²) in [6.07, 6.45) is 8.58. The van der Waals surface area contributed by atoms with Crippen LogP contribution in [0.15, 0.2) is 0 Å². The van der Waals surface area contributed by atoms with E-state index in [2.05, 4.69) is 17.6 Å². The van der Waals surface area contributed by atoms with Crippen molar-refractivity contribution in [2.24, 2.45) is 5.41 Å². The van der Waals surface area contributed by atoms with Gasteiger partial charge in [0.05, 0.1) is 6.04 Å². The van der Waals surface area contributed by atoms with Crippen LogP contribution < -0.4 is 10.6 Å². The van der Waals surface area contributed by atoms with Crippen LogP contribution in [-0.2, 0) is 4.79 Å². The highest BCUT2D eigenvalue weighted by Crippen LogP contribution is 2.49. The second-order valence-corrected chi connectivity index (χ2v) is 5.47. The summed E-state index contributed by atoms with van der Waals surface area (Å²) in [5.41, 5.74) is 0.543. The summed E-state index contributed by atoms with van der Waals surface area (Å²) in [4.78, 5) is 11.7. The van der Waals surface area contributed by atoms with Crippen LogP contribution in [0.1, 0.15) is 51.9 Å². The van der Waals surface area contributed by atoms with E-state index in [0.717, 1.165) is 32.4 Å². The van der Waals surface area contributed by atoms with Gasteiger partial charge in [0.25, 0.3) is 0 Å². The summed E-state index contributed by atoms with van der Waals surface area (Å²) in [6.45, 7) is 4.15. The van der Waals surface area contributed by atoms with Gasteiger partial charge in [-0.2, -0.15) is 0 Å². The lowest BCUT2D eigenvalue weighted by molar-refractivity contribution is -0.122. The number of carbonyl (C=O) groups is 1. The normalized spacial score (nSPS) is 28.3. The minimum Gasteiger partial charge on any atom is -0.355 e. The Hall–Kier alpha value is -0.570. The molecule has 2 N–H and O–H groups in total. The SMILES string of the molecule is CCCC1(CNC2CCCCNC2=O)CC1. The van der Waals surface area contributed by atoms with Gasteiger partial charge in [0.15, 0.2) is 0 Å². The van der Waals surface area contributed by atoms with Gasteiger partial charge >= 0.3 is 0 Å². The van der Waals surface area contributed by atoms with E-state index >= 15 is 0 Å². The zero-order valence-electron chi connectivity index (χ0n) is 10.3. The Kier molecular flexibility index (Phi) is 3.85. The first-order valence-corrected chi connectivity index (χ1v) is 6.77. The van der Waals surface area contributed by atoms with Gasteiger partial charge < -0.3 is 10.6 Å². The highest BCUT2D eigenvalue weighted by molar-refractivity contribution is 5.81. The van der Waals surface area contributed by atoms with E-state index in [4.69, 9.17) is 0 Å². The molecule has 3 nitrogen and oxygen atoms in total. The van der Waals surface area contributed by atoms with Crippen LogP contribution in [0.25, 0.3) is 0 Å². The summed E-state index contributed by atoms with van der Waals surface area (Å²) in [7, 11) is 0. The molecule has 2 rings (SSSR count). The van der Waals surface area contributed by atoms with Gasteiger partial charge in [-0.15, -0.1) is 0 Å². The fraction of sp³-hybridized carbons (Fsp3) is 0.923. The van der Waals surface area contributed by atoms with E-state index in [-0.39, 0.29) is 11.9 Å². The molecule has 1 aliphatic heterocycles. The first kappa shape index (κ1) is 11.9. The van der Waals surface area contributed by atoms with Crippen molar-refractivity contribution in [1.82, 2.24) is 10.6 Å². The van der Waals surface area contributed by atoms with Crippen molar-refractivity contribution in [2.75, 3.05) is 13.1 Å². The highest BCUT2D eigenvalue weighted by Gasteiger charge is 2.41. The predicted octanol–water partition coefficient (Wildman–Crippen LogP) is 1.82. The Balaban J connectivity index is 1.77. The zero-order chi connectivity index (χ0) is 11.4. The lowest BCUT2D eigenvalue weighted by Crippen LogP contribution is -2.44. The maximum absolute atomic E-state index is 11.7. The second-order valence-electron chi connectivity index (χ2n) is 5.47. The van der Waals surface area contributed by atoms with Crippen molar-refractivity contribution in [3.05, 3.63) is 0 Å². The van der Waals surface area contributed by atoms with Crippen LogP contribution >= 0.6 is 0 Å². The molecule has 0 aromatic heterocycles. The number of rotatable bonds is 5. The van der Waals surface area contributed by atoms with E-state index in [9.17, 15) is 4.79 Å². The fourth-order valence-electron chi connectivity index (χ4n) is 2.70. The quantitative estimate of drug-likeness (QED) is 0.748. The average molecular weight is 224 g/mol. The Morgan fingerprint density at radius 3 is 2.94 bits per heavy atom. The largest absolute Gasteiger partial charge is 0.355 e. The van der Waals surface area contributed by atoms with Gasteiger partial charge in [0, 0.05) is 13.1 Å². The Labute approximate surface area is 98.4 Å². The van der Waals surface area contributed by atoms with Gasteiger partial charge in [-0.1, -0.05) is 13.3 Å². The standard InChI is InChI=1S/C13H24N2O/c1-2-6-13(7-8-13)10-15-11-5-3-4-9-14-12(11)16/h11,15H,2-10H2,1H3,(H,14,16). The molecule has 1 amide bonds. The van der Waals surface area contributed by atoms with Crippen molar-refractivity contribution in [1.29, 1.82) is 0 Å². The first-order chi connectivity index (χ1) is 7.76. The van der Waals surface area contributed by atoms with E-state index in [1.165, 1.54) is 25.7 Å². The van der Waals surface area contributed by atoms with Crippen LogP contribution in [0.3, 0.4) is 0 Å². The minimum atomic E-state index is 0.0665. The average Bonchev–Trinajstić information content (AvgIpc) is 3.03. The molecule has 2 aliphatic rings. The molecule has 0 spiro atoms. The Morgan fingerprint density at radius 1 is 1.44 bits per heavy atom. The minimum absolute atomic E-state index is 0.0665. The summed E-state index contributed by atoms with van der Waals surface area (Å²) in [5.74, 6) is 0.213. The Morgan fingerprint density at radius 2 is 2.25 bits per heavy atom. The molecule has 1 saturated heterocycles. The van der Waals surface area contributed by atoms with E-state index < -0.39 is 0 Å². The van der Waals surface area contributed by atoms with E-state index in [1.807, 2.05) is 0 Å². The van der Waals surface area contributed by atoms with E-state index in [1.54, 1.807) is 0 Å². The van der Waals surface area contributed by atoms with Gasteiger partial charge in [0.2, 0.25) is 5.91 Å². The summed E-state index contributed by atoms with van der Waals surface area (Å²) in [5, 5.41) is 6.47. The third kappa shape index (κ3) is 2.97. The first-order valence-electron chi connectivity index (χ1n) is 6.77. The molecular weight excluding hydrogens is 200 g/mol. The highest BCUT2D eigenvalue weighted by atomic mass is 16.2. The molecule has 2 fully saturated rings. The molecule has 1 saturated carbocycles. The van der Waals surface area contributed by atoms with Crippen molar-refractivity contribution >= 4 is 5.91 Å². The molecule has 0 radical (unpaired) electrons. The molecule has 0 aromatic carbocycles. The van der Waals surface area contributed by atoms with Crippen LogP contribution in [0.4, 0.5) is 0 Å². The third-order valence-electron chi connectivity index (χ3n) is 4.00.